The van der Waals surface area contributed by atoms with Gasteiger partial charge >= 0.3 is 0 Å². The van der Waals surface area contributed by atoms with Gasteiger partial charge in [0.15, 0.2) is 0 Å². The molecular formula is C32H45N2O+. The Kier molecular flexibility index (Phi) is 13.6. The highest BCUT2D eigenvalue weighted by Gasteiger charge is 2.16. The summed E-state index contributed by atoms with van der Waals surface area (Å²) in [5.41, 5.74) is 2.94. The van der Waals surface area contributed by atoms with Crippen LogP contribution in [0.2, 0.25) is 0 Å². The summed E-state index contributed by atoms with van der Waals surface area (Å²) in [5, 5.41) is 8.92. The lowest BCUT2D eigenvalue weighted by atomic mass is 10.0. The summed E-state index contributed by atoms with van der Waals surface area (Å²) in [4.78, 5) is 0. The summed E-state index contributed by atoms with van der Waals surface area (Å²) in [6, 6.07) is 18.1. The van der Waals surface area contributed by atoms with Crippen molar-refractivity contribution in [3.05, 3.63) is 79.4 Å². The molecule has 188 valence electrons. The smallest absolute Gasteiger partial charge is 0.119 e. The summed E-state index contributed by atoms with van der Waals surface area (Å²) in [6.07, 6.45) is 17.2. The molecular weight excluding hydrogens is 428 g/mol. The third-order valence-corrected chi connectivity index (χ3v) is 6.70. The van der Waals surface area contributed by atoms with Crippen molar-refractivity contribution in [2.24, 2.45) is 0 Å². The van der Waals surface area contributed by atoms with Crippen LogP contribution in [0.3, 0.4) is 0 Å². The second-order valence-corrected chi connectivity index (χ2v) is 9.88. The van der Waals surface area contributed by atoms with E-state index in [1.54, 1.807) is 0 Å². The second-order valence-electron chi connectivity index (χ2n) is 9.88. The van der Waals surface area contributed by atoms with Crippen molar-refractivity contribution < 1.29 is 9.22 Å². The zero-order chi connectivity index (χ0) is 25.2. The van der Waals surface area contributed by atoms with Crippen LogP contribution in [0.15, 0.2) is 73.8 Å². The molecule has 0 fully saturated rings. The van der Waals surface area contributed by atoms with Crippen molar-refractivity contribution in [1.82, 2.24) is 0 Å². The molecule has 0 aliphatic heterocycles. The predicted molar refractivity (Wildman–Crippen MR) is 149 cm³/mol. The summed E-state index contributed by atoms with van der Waals surface area (Å²) < 4.78 is 6.96. The van der Waals surface area contributed by atoms with E-state index < -0.39 is 0 Å². The summed E-state index contributed by atoms with van der Waals surface area (Å²) in [7, 11) is 2.31. The van der Waals surface area contributed by atoms with Crippen LogP contribution < -0.4 is 4.74 Å². The van der Waals surface area contributed by atoms with Crippen LogP contribution in [0.1, 0.15) is 69.8 Å². The number of rotatable bonds is 19. The van der Waals surface area contributed by atoms with E-state index in [1.807, 2.05) is 48.6 Å². The van der Waals surface area contributed by atoms with Crippen molar-refractivity contribution in [2.45, 2.75) is 64.2 Å². The maximum atomic E-state index is 8.92. The molecule has 0 aliphatic rings. The van der Waals surface area contributed by atoms with Crippen molar-refractivity contribution in [1.29, 1.82) is 5.26 Å². The molecule has 0 heterocycles. The third-order valence-electron chi connectivity index (χ3n) is 6.70. The van der Waals surface area contributed by atoms with Gasteiger partial charge in [-0.05, 0) is 66.8 Å². The Morgan fingerprint density at radius 1 is 0.714 bits per heavy atom. The fourth-order valence-corrected chi connectivity index (χ4v) is 4.56. The number of hydrogen-bond acceptors (Lipinski definition) is 2. The zero-order valence-corrected chi connectivity index (χ0v) is 21.9. The van der Waals surface area contributed by atoms with Crippen molar-refractivity contribution >= 4 is 0 Å². The summed E-state index contributed by atoms with van der Waals surface area (Å²) in [5.74, 6) is 0.926. The van der Waals surface area contributed by atoms with Gasteiger partial charge in [-0.1, -0.05) is 82.4 Å². The normalized spacial score (nSPS) is 11.1. The van der Waals surface area contributed by atoms with Crippen LogP contribution in [-0.2, 0) is 0 Å². The van der Waals surface area contributed by atoms with Crippen LogP contribution in [-0.4, -0.2) is 37.8 Å². The molecule has 0 radical (unpaired) electrons. The molecule has 2 aromatic rings. The van der Waals surface area contributed by atoms with E-state index in [4.69, 9.17) is 10.00 Å². The Morgan fingerprint density at radius 3 is 1.66 bits per heavy atom. The Bertz CT molecular complexity index is 883. The Labute approximate surface area is 214 Å². The number of benzene rings is 2. The molecule has 0 amide bonds. The number of hydrogen-bond donors (Lipinski definition) is 0. The van der Waals surface area contributed by atoms with Crippen molar-refractivity contribution in [2.75, 3.05) is 33.3 Å². The van der Waals surface area contributed by atoms with Crippen molar-refractivity contribution in [3.63, 3.8) is 0 Å². The van der Waals surface area contributed by atoms with Crippen LogP contribution in [0.4, 0.5) is 0 Å². The number of nitriles is 1. The van der Waals surface area contributed by atoms with E-state index in [1.165, 1.54) is 64.3 Å². The van der Waals surface area contributed by atoms with Crippen LogP contribution in [0, 0.1) is 11.3 Å². The Morgan fingerprint density at radius 2 is 1.17 bits per heavy atom. The van der Waals surface area contributed by atoms with Crippen LogP contribution in [0.25, 0.3) is 11.1 Å². The van der Waals surface area contributed by atoms with Gasteiger partial charge in [-0.25, -0.2) is 0 Å². The van der Waals surface area contributed by atoms with Crippen LogP contribution >= 0.6 is 0 Å². The highest BCUT2D eigenvalue weighted by Crippen LogP contribution is 2.23. The minimum absolute atomic E-state index is 0.686. The van der Waals surface area contributed by atoms with E-state index in [2.05, 4.69) is 38.4 Å². The average Bonchev–Trinajstić information content (AvgIpc) is 2.87. The molecule has 0 unspecified atom stereocenters. The fourth-order valence-electron chi connectivity index (χ4n) is 4.56. The highest BCUT2D eigenvalue weighted by atomic mass is 16.5. The second kappa shape index (κ2) is 16.7. The predicted octanol–water partition coefficient (Wildman–Crippen LogP) is 8.32. The van der Waals surface area contributed by atoms with Gasteiger partial charge in [0.25, 0.3) is 0 Å². The molecule has 0 N–H and O–H groups in total. The monoisotopic (exact) mass is 473 g/mol. The van der Waals surface area contributed by atoms with E-state index in [0.29, 0.717) is 5.56 Å². The van der Waals surface area contributed by atoms with Gasteiger partial charge in [-0.3, -0.25) is 0 Å². The lowest BCUT2D eigenvalue weighted by Crippen LogP contribution is -2.44. The molecule has 0 aromatic heterocycles. The van der Waals surface area contributed by atoms with E-state index in [0.717, 1.165) is 47.5 Å². The number of quaternary nitrogens is 1. The van der Waals surface area contributed by atoms with E-state index >= 15 is 0 Å². The van der Waals surface area contributed by atoms with Gasteiger partial charge in [-0.15, -0.1) is 0 Å². The van der Waals surface area contributed by atoms with Gasteiger partial charge < -0.3 is 9.22 Å². The Hall–Kier alpha value is -2.83. The molecule has 2 rings (SSSR count). The van der Waals surface area contributed by atoms with E-state index in [9.17, 15) is 0 Å². The minimum atomic E-state index is 0.686. The zero-order valence-electron chi connectivity index (χ0n) is 21.9. The first-order valence-corrected chi connectivity index (χ1v) is 13.4. The number of nitrogens with zero attached hydrogens (tertiary/aromatic N) is 2. The van der Waals surface area contributed by atoms with Gasteiger partial charge in [0.1, 0.15) is 5.75 Å². The molecule has 0 bridgehead atoms. The topological polar surface area (TPSA) is 33.0 Å². The summed E-state index contributed by atoms with van der Waals surface area (Å²) in [6.45, 7) is 11.9. The molecule has 0 spiro atoms. The fraction of sp³-hybridized carbons (Fsp3) is 0.469. The standard InChI is InChI=1S/C32H45N2O/c1-4-24-34(3,25-5-2)26-14-12-10-8-6-7-9-11-13-15-27-35-32-22-20-31(21-23-32)30-18-16-29(28-33)17-19-30/h4-5,16-23H,1-2,6-15,24-27H2,3H3/q+1. The average molecular weight is 474 g/mol. The maximum Gasteiger partial charge on any atom is 0.119 e. The molecule has 3 heteroatoms. The first-order valence-electron chi connectivity index (χ1n) is 13.4. The minimum Gasteiger partial charge on any atom is -0.494 e. The quantitative estimate of drug-likeness (QED) is 0.117. The first-order chi connectivity index (χ1) is 17.1. The molecule has 0 aliphatic carbocycles. The molecule has 35 heavy (non-hydrogen) atoms. The third kappa shape index (κ3) is 11.4. The van der Waals surface area contributed by atoms with E-state index in [-0.39, 0.29) is 0 Å². The van der Waals surface area contributed by atoms with Gasteiger partial charge in [-0.2, -0.15) is 5.26 Å². The van der Waals surface area contributed by atoms with Gasteiger partial charge in [0, 0.05) is 0 Å². The lowest BCUT2D eigenvalue weighted by molar-refractivity contribution is -0.898. The van der Waals surface area contributed by atoms with Gasteiger partial charge in [0.2, 0.25) is 0 Å². The number of likely N-dealkylation sites (N-methyl/N-ethyl adjacent to an activating group) is 1. The van der Waals surface area contributed by atoms with Crippen LogP contribution in [0.5, 0.6) is 5.75 Å². The number of unbranched alkanes of at least 4 members (excludes halogenated alkanes) is 9. The largest absolute Gasteiger partial charge is 0.494 e. The molecule has 0 saturated carbocycles. The molecule has 2 aromatic carbocycles. The highest BCUT2D eigenvalue weighted by molar-refractivity contribution is 5.64. The van der Waals surface area contributed by atoms with Gasteiger partial charge in [0.05, 0.1) is 44.9 Å². The van der Waals surface area contributed by atoms with Crippen molar-refractivity contribution in [3.8, 4) is 22.9 Å². The lowest BCUT2D eigenvalue weighted by Gasteiger charge is -2.32. The molecule has 0 saturated heterocycles. The Balaban J connectivity index is 1.45. The maximum absolute atomic E-state index is 8.92. The summed E-state index contributed by atoms with van der Waals surface area (Å²) >= 11 is 0. The number of ether oxygens (including phenoxy) is 1. The molecule has 0 atom stereocenters. The SMILES string of the molecule is C=CC[N+](C)(CC=C)CCCCCCCCCCCCOc1ccc(-c2ccc(C#N)cc2)cc1. The molecule has 3 nitrogen and oxygen atoms in total. The first kappa shape index (κ1) is 28.4.